The molecule has 1 aliphatic carbocycles. The van der Waals surface area contributed by atoms with Crippen molar-refractivity contribution in [2.24, 2.45) is 0 Å². The van der Waals surface area contributed by atoms with Crippen molar-refractivity contribution in [2.45, 2.75) is 44.6 Å². The molecule has 0 radical (unpaired) electrons. The highest BCUT2D eigenvalue weighted by molar-refractivity contribution is 5.94. The van der Waals surface area contributed by atoms with Crippen LogP contribution in [0.25, 0.3) is 5.65 Å². The first-order valence-corrected chi connectivity index (χ1v) is 10.1. The van der Waals surface area contributed by atoms with Crippen LogP contribution < -0.4 is 5.32 Å². The highest BCUT2D eigenvalue weighted by atomic mass is 16.2. The molecule has 2 aromatic heterocycles. The van der Waals surface area contributed by atoms with Crippen molar-refractivity contribution in [1.29, 1.82) is 0 Å². The summed E-state index contributed by atoms with van der Waals surface area (Å²) in [5.74, 6) is 2.44. The summed E-state index contributed by atoms with van der Waals surface area (Å²) in [6, 6.07) is 7.85. The zero-order valence-electron chi connectivity index (χ0n) is 15.8. The maximum Gasteiger partial charge on any atom is 0.253 e. The summed E-state index contributed by atoms with van der Waals surface area (Å²) < 4.78 is 2.04. The summed E-state index contributed by atoms with van der Waals surface area (Å²) in [5, 5.41) is 12.0. The number of aromatic nitrogens is 4. The number of rotatable bonds is 5. The number of carbonyl (C=O) groups is 1. The molecule has 1 amide bonds. The monoisotopic (exact) mass is 376 g/mol. The van der Waals surface area contributed by atoms with Crippen molar-refractivity contribution in [3.8, 4) is 0 Å². The second-order valence-electron chi connectivity index (χ2n) is 7.71. The topological polar surface area (TPSA) is 75.4 Å². The van der Waals surface area contributed by atoms with Crippen LogP contribution in [-0.4, -0.2) is 43.5 Å². The molecule has 1 aromatic carbocycles. The lowest BCUT2D eigenvalue weighted by atomic mass is 10.1. The summed E-state index contributed by atoms with van der Waals surface area (Å²) in [6.07, 6.45) is 9.53. The molecule has 0 unspecified atom stereocenters. The number of benzene rings is 1. The Kier molecular flexibility index (Phi) is 4.43. The Morgan fingerprint density at radius 2 is 1.86 bits per heavy atom. The van der Waals surface area contributed by atoms with Gasteiger partial charge < -0.3 is 10.2 Å². The van der Waals surface area contributed by atoms with Crippen molar-refractivity contribution in [3.63, 3.8) is 0 Å². The fourth-order valence-corrected chi connectivity index (χ4v) is 3.82. The van der Waals surface area contributed by atoms with Crippen LogP contribution in [0.5, 0.6) is 0 Å². The Morgan fingerprint density at radius 3 is 2.61 bits per heavy atom. The molecule has 1 N–H and O–H groups in total. The number of amides is 1. The van der Waals surface area contributed by atoms with Gasteiger partial charge in [0.25, 0.3) is 5.91 Å². The van der Waals surface area contributed by atoms with Gasteiger partial charge in [-0.05, 0) is 49.8 Å². The number of hydrogen-bond acceptors (Lipinski definition) is 5. The molecule has 7 nitrogen and oxygen atoms in total. The molecule has 28 heavy (non-hydrogen) atoms. The standard InChI is InChI=1S/C21H24N6O/c28-21(26-11-2-1-3-12-26)17-6-4-15(5-7-17)14-23-18-20-25-24-19(16-8-9-16)27(20)13-10-22-18/h4-7,10,13,16H,1-3,8-9,11-12,14H2,(H,22,23). The summed E-state index contributed by atoms with van der Waals surface area (Å²) in [6.45, 7) is 2.37. The molecule has 0 bridgehead atoms. The van der Waals surface area contributed by atoms with Crippen LogP contribution >= 0.6 is 0 Å². The predicted molar refractivity (Wildman–Crippen MR) is 106 cm³/mol. The van der Waals surface area contributed by atoms with Gasteiger partial charge in [-0.15, -0.1) is 10.2 Å². The Labute approximate surface area is 163 Å². The third-order valence-electron chi connectivity index (χ3n) is 5.60. The van der Waals surface area contributed by atoms with Gasteiger partial charge >= 0.3 is 0 Å². The van der Waals surface area contributed by atoms with E-state index < -0.39 is 0 Å². The van der Waals surface area contributed by atoms with Gasteiger partial charge in [0.2, 0.25) is 5.65 Å². The molecule has 1 aliphatic heterocycles. The highest BCUT2D eigenvalue weighted by Crippen LogP contribution is 2.39. The van der Waals surface area contributed by atoms with E-state index >= 15 is 0 Å². The third-order valence-corrected chi connectivity index (χ3v) is 5.60. The smallest absolute Gasteiger partial charge is 0.253 e. The van der Waals surface area contributed by atoms with Crippen LogP contribution in [-0.2, 0) is 6.54 Å². The predicted octanol–water partition coefficient (Wildman–Crippen LogP) is 3.24. The second-order valence-corrected chi connectivity index (χ2v) is 7.71. The van der Waals surface area contributed by atoms with Crippen molar-refractivity contribution in [3.05, 3.63) is 53.6 Å². The first-order valence-electron chi connectivity index (χ1n) is 10.1. The van der Waals surface area contributed by atoms with E-state index in [0.717, 1.165) is 54.3 Å². The summed E-state index contributed by atoms with van der Waals surface area (Å²) >= 11 is 0. The van der Waals surface area contributed by atoms with Crippen molar-refractivity contribution in [2.75, 3.05) is 18.4 Å². The second kappa shape index (κ2) is 7.22. The maximum absolute atomic E-state index is 12.6. The molecule has 144 valence electrons. The lowest BCUT2D eigenvalue weighted by Gasteiger charge is -2.26. The average Bonchev–Trinajstić information content (AvgIpc) is 3.51. The largest absolute Gasteiger partial charge is 0.363 e. The Morgan fingerprint density at radius 1 is 1.07 bits per heavy atom. The maximum atomic E-state index is 12.6. The molecule has 0 atom stereocenters. The van der Waals surface area contributed by atoms with Crippen LogP contribution in [0.3, 0.4) is 0 Å². The Hall–Kier alpha value is -2.96. The van der Waals surface area contributed by atoms with Crippen LogP contribution in [0.15, 0.2) is 36.7 Å². The van der Waals surface area contributed by atoms with Gasteiger partial charge in [0.15, 0.2) is 5.82 Å². The van der Waals surface area contributed by atoms with Gasteiger partial charge in [0.1, 0.15) is 5.82 Å². The lowest BCUT2D eigenvalue weighted by molar-refractivity contribution is 0.0724. The minimum absolute atomic E-state index is 0.140. The van der Waals surface area contributed by atoms with E-state index in [9.17, 15) is 4.79 Å². The average molecular weight is 376 g/mol. The molecule has 7 heteroatoms. The molecule has 1 saturated heterocycles. The van der Waals surface area contributed by atoms with Gasteiger partial charge in [0, 0.05) is 43.5 Å². The van der Waals surface area contributed by atoms with Gasteiger partial charge in [-0.25, -0.2) is 4.98 Å². The molecule has 0 spiro atoms. The molecule has 2 aliphatic rings. The van der Waals surface area contributed by atoms with Crippen LogP contribution in [0.2, 0.25) is 0 Å². The van der Waals surface area contributed by atoms with Gasteiger partial charge in [0.05, 0.1) is 0 Å². The number of fused-ring (bicyclic) bond motifs is 1. The van der Waals surface area contributed by atoms with E-state index in [1.807, 2.05) is 39.8 Å². The van der Waals surface area contributed by atoms with E-state index in [1.54, 1.807) is 6.20 Å². The number of hydrogen-bond donors (Lipinski definition) is 1. The van der Waals surface area contributed by atoms with Crippen molar-refractivity contribution < 1.29 is 4.79 Å². The fraction of sp³-hybridized carbons (Fsp3) is 0.429. The summed E-state index contributed by atoms with van der Waals surface area (Å²) in [7, 11) is 0. The van der Waals surface area contributed by atoms with Crippen molar-refractivity contribution in [1.82, 2.24) is 24.5 Å². The van der Waals surface area contributed by atoms with Gasteiger partial charge in [-0.3, -0.25) is 9.20 Å². The third kappa shape index (κ3) is 3.32. The van der Waals surface area contributed by atoms with E-state index in [4.69, 9.17) is 0 Å². The lowest BCUT2D eigenvalue weighted by Crippen LogP contribution is -2.35. The summed E-state index contributed by atoms with van der Waals surface area (Å²) in [4.78, 5) is 19.0. The normalized spacial score (nSPS) is 17.1. The molecule has 5 rings (SSSR count). The number of nitrogens with one attached hydrogen (secondary N) is 1. The van der Waals surface area contributed by atoms with Crippen LogP contribution in [0.4, 0.5) is 5.82 Å². The fourth-order valence-electron chi connectivity index (χ4n) is 3.82. The number of anilines is 1. The zero-order valence-corrected chi connectivity index (χ0v) is 15.8. The van der Waals surface area contributed by atoms with Crippen LogP contribution in [0.1, 0.15) is 59.8 Å². The number of likely N-dealkylation sites (tertiary alicyclic amines) is 1. The molecular formula is C21H24N6O. The Bertz CT molecular complexity index is 986. The van der Waals surface area contributed by atoms with E-state index in [0.29, 0.717) is 12.5 Å². The molecular weight excluding hydrogens is 352 g/mol. The Balaban J connectivity index is 1.27. The SMILES string of the molecule is O=C(c1ccc(CNc2nccn3c(C4CC4)nnc23)cc1)N1CCCCC1. The van der Waals surface area contributed by atoms with E-state index in [2.05, 4.69) is 20.5 Å². The first kappa shape index (κ1) is 17.2. The number of nitrogens with zero attached hydrogens (tertiary/aromatic N) is 5. The molecule has 2 fully saturated rings. The van der Waals surface area contributed by atoms with Gasteiger partial charge in [-0.2, -0.15) is 0 Å². The molecule has 1 saturated carbocycles. The number of piperidine rings is 1. The minimum atomic E-state index is 0.140. The molecule has 3 heterocycles. The first-order chi connectivity index (χ1) is 13.8. The van der Waals surface area contributed by atoms with Crippen molar-refractivity contribution >= 4 is 17.4 Å². The zero-order chi connectivity index (χ0) is 18.9. The van der Waals surface area contributed by atoms with Gasteiger partial charge in [-0.1, -0.05) is 12.1 Å². The molecule has 3 aromatic rings. The minimum Gasteiger partial charge on any atom is -0.363 e. The number of carbonyl (C=O) groups excluding carboxylic acids is 1. The van der Waals surface area contributed by atoms with E-state index in [-0.39, 0.29) is 5.91 Å². The summed E-state index contributed by atoms with van der Waals surface area (Å²) in [5.41, 5.74) is 2.62. The van der Waals surface area contributed by atoms with Crippen LogP contribution in [0, 0.1) is 0 Å². The van der Waals surface area contributed by atoms with E-state index in [1.165, 1.54) is 19.3 Å². The quantitative estimate of drug-likeness (QED) is 0.740. The highest BCUT2D eigenvalue weighted by Gasteiger charge is 2.29.